The zero-order valence-electron chi connectivity index (χ0n) is 8.82. The van der Waals surface area contributed by atoms with Crippen LogP contribution in [0, 0.1) is 0 Å². The van der Waals surface area contributed by atoms with E-state index in [9.17, 15) is 8.42 Å². The maximum Gasteiger partial charge on any atom is 0.211 e. The van der Waals surface area contributed by atoms with Crippen molar-refractivity contribution in [2.75, 3.05) is 11.5 Å². The van der Waals surface area contributed by atoms with Crippen LogP contribution in [0.15, 0.2) is 0 Å². The van der Waals surface area contributed by atoms with Gasteiger partial charge in [0.15, 0.2) is 0 Å². The number of hydrogen-bond donors (Lipinski definition) is 1. The van der Waals surface area contributed by atoms with E-state index in [-0.39, 0.29) is 11.8 Å². The Labute approximate surface area is 91.1 Å². The second kappa shape index (κ2) is 5.37. The van der Waals surface area contributed by atoms with Crippen molar-refractivity contribution in [1.29, 1.82) is 0 Å². The quantitative estimate of drug-likeness (QED) is 0.790. The Bertz CT molecular complexity index is 264. The summed E-state index contributed by atoms with van der Waals surface area (Å²) in [6, 6.07) is 0.171. The summed E-state index contributed by atoms with van der Waals surface area (Å²) in [6.45, 7) is 3.80. The molecule has 0 saturated heterocycles. The molecule has 0 aromatic rings. The van der Waals surface area contributed by atoms with Gasteiger partial charge in [-0.25, -0.2) is 13.1 Å². The normalized spacial score (nSPS) is 28.1. The first-order valence-corrected chi connectivity index (χ1v) is 7.90. The lowest BCUT2D eigenvalue weighted by molar-refractivity contribution is 0.556. The summed E-state index contributed by atoms with van der Waals surface area (Å²) in [6.07, 6.45) is 3.29. The standard InChI is InChI=1S/C9H19NO2S2/c1-3-13-9-7-5-6-8(9)10-14(11,12)4-2/h8-10H,3-7H2,1-2H3. The molecular formula is C9H19NO2S2. The molecule has 0 aromatic carbocycles. The summed E-state index contributed by atoms with van der Waals surface area (Å²) < 4.78 is 25.6. The number of nitrogens with one attached hydrogen (secondary N) is 1. The molecule has 0 aromatic heterocycles. The van der Waals surface area contributed by atoms with Crippen LogP contribution in [-0.2, 0) is 10.0 Å². The monoisotopic (exact) mass is 237 g/mol. The van der Waals surface area contributed by atoms with Gasteiger partial charge in [0.1, 0.15) is 0 Å². The zero-order chi connectivity index (χ0) is 10.6. The van der Waals surface area contributed by atoms with Gasteiger partial charge in [0.25, 0.3) is 0 Å². The highest BCUT2D eigenvalue weighted by molar-refractivity contribution is 8.00. The van der Waals surface area contributed by atoms with Crippen molar-refractivity contribution < 1.29 is 8.42 Å². The van der Waals surface area contributed by atoms with Crippen LogP contribution in [0.5, 0.6) is 0 Å². The molecule has 0 radical (unpaired) electrons. The number of sulfonamides is 1. The Morgan fingerprint density at radius 1 is 1.36 bits per heavy atom. The van der Waals surface area contributed by atoms with Gasteiger partial charge in [-0.1, -0.05) is 13.3 Å². The maximum absolute atomic E-state index is 11.4. The first-order chi connectivity index (χ1) is 6.59. The summed E-state index contributed by atoms with van der Waals surface area (Å²) in [5.41, 5.74) is 0. The van der Waals surface area contributed by atoms with E-state index in [0.29, 0.717) is 5.25 Å². The predicted molar refractivity (Wildman–Crippen MR) is 62.2 cm³/mol. The summed E-state index contributed by atoms with van der Waals surface area (Å²) in [5.74, 6) is 1.25. The highest BCUT2D eigenvalue weighted by Crippen LogP contribution is 2.30. The van der Waals surface area contributed by atoms with Crippen molar-refractivity contribution >= 4 is 21.8 Å². The van der Waals surface area contributed by atoms with Crippen molar-refractivity contribution in [2.24, 2.45) is 0 Å². The maximum atomic E-state index is 11.4. The molecule has 3 nitrogen and oxygen atoms in total. The van der Waals surface area contributed by atoms with Gasteiger partial charge in [-0.2, -0.15) is 11.8 Å². The molecule has 0 spiro atoms. The van der Waals surface area contributed by atoms with Gasteiger partial charge in [0.05, 0.1) is 5.75 Å². The van der Waals surface area contributed by atoms with E-state index in [1.54, 1.807) is 6.92 Å². The van der Waals surface area contributed by atoms with Crippen LogP contribution >= 0.6 is 11.8 Å². The molecule has 1 aliphatic rings. The topological polar surface area (TPSA) is 46.2 Å². The summed E-state index contributed by atoms with van der Waals surface area (Å²) in [5, 5.41) is 0.487. The summed E-state index contributed by atoms with van der Waals surface area (Å²) in [4.78, 5) is 0. The van der Waals surface area contributed by atoms with E-state index >= 15 is 0 Å². The van der Waals surface area contributed by atoms with Gasteiger partial charge in [0.2, 0.25) is 10.0 Å². The van der Waals surface area contributed by atoms with Gasteiger partial charge in [-0.3, -0.25) is 0 Å². The molecule has 1 rings (SSSR count). The fourth-order valence-electron chi connectivity index (χ4n) is 1.79. The number of thioether (sulfide) groups is 1. The first-order valence-electron chi connectivity index (χ1n) is 5.20. The molecule has 84 valence electrons. The molecule has 0 bridgehead atoms. The number of hydrogen-bond acceptors (Lipinski definition) is 3. The molecule has 1 N–H and O–H groups in total. The fraction of sp³-hybridized carbons (Fsp3) is 1.00. The first kappa shape index (κ1) is 12.3. The average molecular weight is 237 g/mol. The predicted octanol–water partition coefficient (Wildman–Crippen LogP) is 1.60. The Hall–Kier alpha value is 0.260. The summed E-state index contributed by atoms with van der Waals surface area (Å²) in [7, 11) is -3.02. The molecule has 1 fully saturated rings. The SMILES string of the molecule is CCSC1CCCC1NS(=O)(=O)CC. The fourth-order valence-corrected chi connectivity index (χ4v) is 3.98. The van der Waals surface area contributed by atoms with Crippen molar-refractivity contribution in [2.45, 2.75) is 44.4 Å². The van der Waals surface area contributed by atoms with E-state index in [2.05, 4.69) is 11.6 Å². The molecule has 2 unspecified atom stereocenters. The van der Waals surface area contributed by atoms with Crippen LogP contribution in [0.25, 0.3) is 0 Å². The highest BCUT2D eigenvalue weighted by atomic mass is 32.2. The Kier molecular flexibility index (Phi) is 4.73. The minimum atomic E-state index is -3.02. The minimum absolute atomic E-state index is 0.171. The average Bonchev–Trinajstić information content (AvgIpc) is 2.53. The van der Waals surface area contributed by atoms with Gasteiger partial charge in [-0.15, -0.1) is 0 Å². The Morgan fingerprint density at radius 3 is 2.64 bits per heavy atom. The lowest BCUT2D eigenvalue weighted by Crippen LogP contribution is -2.39. The molecule has 0 aliphatic heterocycles. The number of rotatable bonds is 5. The lowest BCUT2D eigenvalue weighted by Gasteiger charge is -2.19. The third-order valence-electron chi connectivity index (χ3n) is 2.54. The van der Waals surface area contributed by atoms with E-state index in [1.807, 2.05) is 11.8 Å². The lowest BCUT2D eigenvalue weighted by atomic mass is 10.3. The Balaban J connectivity index is 2.51. The Morgan fingerprint density at radius 2 is 2.07 bits per heavy atom. The largest absolute Gasteiger partial charge is 0.212 e. The molecule has 1 saturated carbocycles. The van der Waals surface area contributed by atoms with Crippen molar-refractivity contribution in [3.63, 3.8) is 0 Å². The molecule has 2 atom stereocenters. The van der Waals surface area contributed by atoms with Crippen LogP contribution in [0.2, 0.25) is 0 Å². The molecule has 14 heavy (non-hydrogen) atoms. The second-order valence-electron chi connectivity index (χ2n) is 3.55. The van der Waals surface area contributed by atoms with Crippen molar-refractivity contribution in [3.8, 4) is 0 Å². The molecule has 0 heterocycles. The molecule has 0 amide bonds. The van der Waals surface area contributed by atoms with Gasteiger partial charge in [0, 0.05) is 11.3 Å². The summed E-state index contributed by atoms with van der Waals surface area (Å²) >= 11 is 1.87. The highest BCUT2D eigenvalue weighted by Gasteiger charge is 2.29. The van der Waals surface area contributed by atoms with Gasteiger partial charge >= 0.3 is 0 Å². The van der Waals surface area contributed by atoms with Crippen LogP contribution in [0.1, 0.15) is 33.1 Å². The van der Waals surface area contributed by atoms with Gasteiger partial charge in [-0.05, 0) is 25.5 Å². The van der Waals surface area contributed by atoms with Crippen molar-refractivity contribution in [1.82, 2.24) is 4.72 Å². The van der Waals surface area contributed by atoms with E-state index in [4.69, 9.17) is 0 Å². The third kappa shape index (κ3) is 3.44. The van der Waals surface area contributed by atoms with Crippen molar-refractivity contribution in [3.05, 3.63) is 0 Å². The smallest absolute Gasteiger partial charge is 0.211 e. The van der Waals surface area contributed by atoms with E-state index in [1.165, 1.54) is 0 Å². The molecule has 1 aliphatic carbocycles. The van der Waals surface area contributed by atoms with Gasteiger partial charge < -0.3 is 0 Å². The van der Waals surface area contributed by atoms with Crippen LogP contribution in [0.4, 0.5) is 0 Å². The third-order valence-corrected chi connectivity index (χ3v) is 5.29. The second-order valence-corrected chi connectivity index (χ2v) is 7.11. The zero-order valence-corrected chi connectivity index (χ0v) is 10.5. The van der Waals surface area contributed by atoms with Crippen LogP contribution < -0.4 is 4.72 Å². The minimum Gasteiger partial charge on any atom is -0.212 e. The molecular weight excluding hydrogens is 218 g/mol. The molecule has 5 heteroatoms. The van der Waals surface area contributed by atoms with E-state index < -0.39 is 10.0 Å². The van der Waals surface area contributed by atoms with Crippen LogP contribution in [-0.4, -0.2) is 31.2 Å². The van der Waals surface area contributed by atoms with E-state index in [0.717, 1.165) is 25.0 Å². The van der Waals surface area contributed by atoms with Crippen LogP contribution in [0.3, 0.4) is 0 Å².